The van der Waals surface area contributed by atoms with Crippen LogP contribution in [0.3, 0.4) is 0 Å². The Labute approximate surface area is 129 Å². The zero-order valence-corrected chi connectivity index (χ0v) is 12.4. The first-order valence-electron chi connectivity index (χ1n) is 7.41. The topological polar surface area (TPSA) is 73.5 Å². The minimum Gasteiger partial charge on any atom is -0.489 e. The van der Waals surface area contributed by atoms with E-state index in [1.807, 2.05) is 24.3 Å². The van der Waals surface area contributed by atoms with Crippen LogP contribution < -0.4 is 10.5 Å². The standard InChI is InChI=1S/C16H20N4O2/c17-16-14-4-3-13(11-15(14)18-12-19-16)22-8-2-1-5-20-6-9-21-10-7-20/h1-4,11-12H,5-10H2,(H2,17,18,19). The molecule has 1 aliphatic heterocycles. The maximum atomic E-state index is 5.80. The summed E-state index contributed by atoms with van der Waals surface area (Å²) >= 11 is 0. The number of nitrogens with two attached hydrogens (primary N) is 1. The minimum absolute atomic E-state index is 0.488. The molecule has 0 spiro atoms. The molecule has 1 aromatic heterocycles. The van der Waals surface area contributed by atoms with Crippen LogP contribution in [0.25, 0.3) is 10.9 Å². The van der Waals surface area contributed by atoms with Crippen molar-refractivity contribution < 1.29 is 9.47 Å². The molecule has 0 aliphatic carbocycles. The van der Waals surface area contributed by atoms with Gasteiger partial charge in [-0.05, 0) is 12.1 Å². The Morgan fingerprint density at radius 1 is 1.23 bits per heavy atom. The van der Waals surface area contributed by atoms with Gasteiger partial charge in [0.05, 0.1) is 18.7 Å². The quantitative estimate of drug-likeness (QED) is 0.843. The van der Waals surface area contributed by atoms with Crippen LogP contribution >= 0.6 is 0 Å². The Bertz CT molecular complexity index is 654. The van der Waals surface area contributed by atoms with Gasteiger partial charge in [0.2, 0.25) is 0 Å². The molecule has 1 aliphatic rings. The van der Waals surface area contributed by atoms with E-state index in [0.717, 1.165) is 49.5 Å². The molecule has 0 bridgehead atoms. The lowest BCUT2D eigenvalue weighted by Crippen LogP contribution is -2.36. The van der Waals surface area contributed by atoms with Crippen molar-refractivity contribution >= 4 is 16.7 Å². The van der Waals surface area contributed by atoms with E-state index >= 15 is 0 Å². The molecule has 0 atom stereocenters. The van der Waals surface area contributed by atoms with Gasteiger partial charge in [0, 0.05) is 31.1 Å². The Hall–Kier alpha value is -2.18. The third-order valence-corrected chi connectivity index (χ3v) is 3.62. The molecule has 22 heavy (non-hydrogen) atoms. The first kappa shape index (κ1) is 14.7. The smallest absolute Gasteiger partial charge is 0.134 e. The van der Waals surface area contributed by atoms with Gasteiger partial charge in [-0.1, -0.05) is 12.2 Å². The zero-order chi connectivity index (χ0) is 15.2. The summed E-state index contributed by atoms with van der Waals surface area (Å²) < 4.78 is 11.0. The van der Waals surface area contributed by atoms with Crippen LogP contribution in [0.15, 0.2) is 36.7 Å². The van der Waals surface area contributed by atoms with E-state index in [2.05, 4.69) is 20.9 Å². The number of benzene rings is 1. The molecule has 6 nitrogen and oxygen atoms in total. The number of nitrogens with zero attached hydrogens (tertiary/aromatic N) is 3. The van der Waals surface area contributed by atoms with Crippen LogP contribution in [-0.4, -0.2) is 54.3 Å². The van der Waals surface area contributed by atoms with Crippen molar-refractivity contribution in [1.29, 1.82) is 0 Å². The van der Waals surface area contributed by atoms with Crippen LogP contribution in [0.5, 0.6) is 5.75 Å². The highest BCUT2D eigenvalue weighted by molar-refractivity contribution is 5.88. The molecular weight excluding hydrogens is 280 g/mol. The maximum Gasteiger partial charge on any atom is 0.134 e. The lowest BCUT2D eigenvalue weighted by Gasteiger charge is -2.25. The van der Waals surface area contributed by atoms with Gasteiger partial charge >= 0.3 is 0 Å². The predicted molar refractivity (Wildman–Crippen MR) is 85.8 cm³/mol. The lowest BCUT2D eigenvalue weighted by molar-refractivity contribution is 0.0434. The summed E-state index contributed by atoms with van der Waals surface area (Å²) in [5, 5.41) is 0.845. The second-order valence-electron chi connectivity index (χ2n) is 5.13. The number of ether oxygens (including phenoxy) is 2. The molecule has 0 amide bonds. The molecule has 0 unspecified atom stereocenters. The normalized spacial score (nSPS) is 16.4. The van der Waals surface area contributed by atoms with E-state index in [-0.39, 0.29) is 0 Å². The van der Waals surface area contributed by atoms with Crippen molar-refractivity contribution in [2.75, 3.05) is 45.2 Å². The predicted octanol–water partition coefficient (Wildman–Crippen LogP) is 1.48. The second-order valence-corrected chi connectivity index (χ2v) is 5.13. The molecule has 3 rings (SSSR count). The van der Waals surface area contributed by atoms with E-state index in [0.29, 0.717) is 12.4 Å². The van der Waals surface area contributed by atoms with Crippen molar-refractivity contribution in [2.45, 2.75) is 0 Å². The molecule has 0 saturated carbocycles. The molecule has 0 radical (unpaired) electrons. The van der Waals surface area contributed by atoms with Crippen LogP contribution in [0.2, 0.25) is 0 Å². The van der Waals surface area contributed by atoms with Crippen molar-refractivity contribution in [3.63, 3.8) is 0 Å². The fourth-order valence-electron chi connectivity index (χ4n) is 2.37. The van der Waals surface area contributed by atoms with Crippen LogP contribution in [0.1, 0.15) is 0 Å². The van der Waals surface area contributed by atoms with Gasteiger partial charge in [0.1, 0.15) is 24.5 Å². The summed E-state index contributed by atoms with van der Waals surface area (Å²) in [7, 11) is 0. The summed E-state index contributed by atoms with van der Waals surface area (Å²) in [5.41, 5.74) is 6.59. The number of rotatable bonds is 5. The Balaban J connectivity index is 1.51. The van der Waals surface area contributed by atoms with Crippen molar-refractivity contribution in [1.82, 2.24) is 14.9 Å². The summed E-state index contributed by atoms with van der Waals surface area (Å²) in [6.45, 7) is 5.12. The number of morpholine rings is 1. The fraction of sp³-hybridized carbons (Fsp3) is 0.375. The second kappa shape index (κ2) is 7.20. The van der Waals surface area contributed by atoms with Gasteiger partial charge in [0.25, 0.3) is 0 Å². The van der Waals surface area contributed by atoms with E-state index in [4.69, 9.17) is 15.2 Å². The minimum atomic E-state index is 0.488. The molecule has 2 aromatic rings. The zero-order valence-electron chi connectivity index (χ0n) is 12.4. The van der Waals surface area contributed by atoms with Gasteiger partial charge in [-0.25, -0.2) is 9.97 Å². The third kappa shape index (κ3) is 3.72. The SMILES string of the molecule is Nc1ncnc2cc(OCC=CCN3CCOCC3)ccc12. The number of hydrogen-bond donors (Lipinski definition) is 1. The van der Waals surface area contributed by atoms with Crippen LogP contribution in [0, 0.1) is 0 Å². The summed E-state index contributed by atoms with van der Waals surface area (Å²) in [4.78, 5) is 10.5. The van der Waals surface area contributed by atoms with Crippen LogP contribution in [0.4, 0.5) is 5.82 Å². The highest BCUT2D eigenvalue weighted by atomic mass is 16.5. The highest BCUT2D eigenvalue weighted by Gasteiger charge is 2.07. The molecule has 1 fully saturated rings. The third-order valence-electron chi connectivity index (χ3n) is 3.62. The number of nitrogen functional groups attached to an aromatic ring is 1. The molecular formula is C16H20N4O2. The summed E-state index contributed by atoms with van der Waals surface area (Å²) in [6.07, 6.45) is 5.63. The molecule has 2 heterocycles. The van der Waals surface area contributed by atoms with Crippen molar-refractivity contribution in [3.05, 3.63) is 36.7 Å². The fourth-order valence-corrected chi connectivity index (χ4v) is 2.37. The average molecular weight is 300 g/mol. The number of aromatic nitrogens is 2. The first-order chi connectivity index (χ1) is 10.8. The van der Waals surface area contributed by atoms with Gasteiger partial charge in [-0.15, -0.1) is 0 Å². The molecule has 116 valence electrons. The van der Waals surface area contributed by atoms with Crippen LogP contribution in [-0.2, 0) is 4.74 Å². The number of hydrogen-bond acceptors (Lipinski definition) is 6. The van der Waals surface area contributed by atoms with Gasteiger partial charge in [-0.3, -0.25) is 4.90 Å². The Morgan fingerprint density at radius 2 is 2.09 bits per heavy atom. The van der Waals surface area contributed by atoms with E-state index in [1.54, 1.807) is 0 Å². The molecule has 2 N–H and O–H groups in total. The Kier molecular flexibility index (Phi) is 4.82. The van der Waals surface area contributed by atoms with Crippen molar-refractivity contribution in [2.24, 2.45) is 0 Å². The summed E-state index contributed by atoms with van der Waals surface area (Å²) in [5.74, 6) is 1.27. The Morgan fingerprint density at radius 3 is 2.95 bits per heavy atom. The van der Waals surface area contributed by atoms with E-state index in [9.17, 15) is 0 Å². The first-order valence-corrected chi connectivity index (χ1v) is 7.41. The van der Waals surface area contributed by atoms with E-state index < -0.39 is 0 Å². The summed E-state index contributed by atoms with van der Waals surface area (Å²) in [6, 6.07) is 5.65. The highest BCUT2D eigenvalue weighted by Crippen LogP contribution is 2.21. The molecule has 1 saturated heterocycles. The molecule has 1 aromatic carbocycles. The molecule has 6 heteroatoms. The maximum absolute atomic E-state index is 5.80. The van der Waals surface area contributed by atoms with Gasteiger partial charge in [-0.2, -0.15) is 0 Å². The number of fused-ring (bicyclic) bond motifs is 1. The average Bonchev–Trinajstić information content (AvgIpc) is 2.56. The van der Waals surface area contributed by atoms with E-state index in [1.165, 1.54) is 6.33 Å². The van der Waals surface area contributed by atoms with Gasteiger partial charge < -0.3 is 15.2 Å². The van der Waals surface area contributed by atoms with Crippen molar-refractivity contribution in [3.8, 4) is 5.75 Å². The largest absolute Gasteiger partial charge is 0.489 e. The monoisotopic (exact) mass is 300 g/mol. The number of anilines is 1. The van der Waals surface area contributed by atoms with Gasteiger partial charge in [0.15, 0.2) is 0 Å². The lowest BCUT2D eigenvalue weighted by atomic mass is 10.2.